The van der Waals surface area contributed by atoms with Gasteiger partial charge in [0, 0.05) is 6.04 Å². The van der Waals surface area contributed by atoms with E-state index in [9.17, 15) is 9.18 Å². The first-order chi connectivity index (χ1) is 8.22. The standard InChI is InChI=1S/C13H15FN2O/c14-12-3-1-2-10(15-12)13(17)16-11-7-8-4-5-9(11)6-8/h1-3,8-9,11H,4-7H2,(H,16,17). The van der Waals surface area contributed by atoms with Crippen molar-refractivity contribution in [2.75, 3.05) is 0 Å². The van der Waals surface area contributed by atoms with Crippen LogP contribution in [0.2, 0.25) is 0 Å². The second kappa shape index (κ2) is 4.09. The highest BCUT2D eigenvalue weighted by molar-refractivity contribution is 5.92. The quantitative estimate of drug-likeness (QED) is 0.796. The van der Waals surface area contributed by atoms with Gasteiger partial charge in [-0.2, -0.15) is 4.39 Å². The monoisotopic (exact) mass is 234 g/mol. The summed E-state index contributed by atoms with van der Waals surface area (Å²) in [5.41, 5.74) is 0.174. The molecule has 17 heavy (non-hydrogen) atoms. The van der Waals surface area contributed by atoms with E-state index in [0.717, 1.165) is 12.3 Å². The van der Waals surface area contributed by atoms with E-state index >= 15 is 0 Å². The molecule has 2 saturated carbocycles. The summed E-state index contributed by atoms with van der Waals surface area (Å²) < 4.78 is 12.9. The number of aromatic nitrogens is 1. The van der Waals surface area contributed by atoms with Crippen molar-refractivity contribution in [1.82, 2.24) is 10.3 Å². The van der Waals surface area contributed by atoms with Crippen LogP contribution >= 0.6 is 0 Å². The summed E-state index contributed by atoms with van der Waals surface area (Å²) in [6.07, 6.45) is 4.83. The topological polar surface area (TPSA) is 42.0 Å². The van der Waals surface area contributed by atoms with Crippen LogP contribution in [0.15, 0.2) is 18.2 Å². The summed E-state index contributed by atoms with van der Waals surface area (Å²) in [5, 5.41) is 2.99. The van der Waals surface area contributed by atoms with Crippen molar-refractivity contribution in [3.05, 3.63) is 29.8 Å². The molecule has 2 bridgehead atoms. The van der Waals surface area contributed by atoms with Gasteiger partial charge in [-0.05, 0) is 43.2 Å². The van der Waals surface area contributed by atoms with Crippen LogP contribution in [-0.2, 0) is 0 Å². The minimum atomic E-state index is -0.606. The molecule has 3 atom stereocenters. The van der Waals surface area contributed by atoms with Crippen molar-refractivity contribution in [3.63, 3.8) is 0 Å². The van der Waals surface area contributed by atoms with Crippen LogP contribution in [0.1, 0.15) is 36.2 Å². The first-order valence-corrected chi connectivity index (χ1v) is 6.16. The lowest BCUT2D eigenvalue weighted by molar-refractivity contribution is 0.0916. The molecule has 1 amide bonds. The molecule has 0 saturated heterocycles. The predicted octanol–water partition coefficient (Wildman–Crippen LogP) is 2.14. The summed E-state index contributed by atoms with van der Waals surface area (Å²) >= 11 is 0. The zero-order chi connectivity index (χ0) is 11.8. The number of hydrogen-bond donors (Lipinski definition) is 1. The average Bonchev–Trinajstić information content (AvgIpc) is 2.91. The second-order valence-corrected chi connectivity index (χ2v) is 5.10. The Bertz CT molecular complexity index is 449. The van der Waals surface area contributed by atoms with Gasteiger partial charge in [0.2, 0.25) is 5.95 Å². The Kier molecular flexibility index (Phi) is 2.57. The molecule has 3 nitrogen and oxygen atoms in total. The van der Waals surface area contributed by atoms with Crippen LogP contribution in [0.3, 0.4) is 0 Å². The third-order valence-corrected chi connectivity index (χ3v) is 4.00. The van der Waals surface area contributed by atoms with Crippen LogP contribution in [-0.4, -0.2) is 16.9 Å². The number of nitrogens with zero attached hydrogens (tertiary/aromatic N) is 1. The number of fused-ring (bicyclic) bond motifs is 2. The Morgan fingerprint density at radius 1 is 1.35 bits per heavy atom. The molecule has 3 rings (SSSR count). The van der Waals surface area contributed by atoms with Crippen LogP contribution in [0.25, 0.3) is 0 Å². The van der Waals surface area contributed by atoms with E-state index in [1.165, 1.54) is 31.4 Å². The van der Waals surface area contributed by atoms with Crippen LogP contribution in [0.5, 0.6) is 0 Å². The van der Waals surface area contributed by atoms with Crippen LogP contribution in [0.4, 0.5) is 4.39 Å². The number of pyridine rings is 1. The van der Waals surface area contributed by atoms with E-state index in [4.69, 9.17) is 0 Å². The zero-order valence-corrected chi connectivity index (χ0v) is 9.53. The molecule has 90 valence electrons. The van der Waals surface area contributed by atoms with Crippen LogP contribution < -0.4 is 5.32 Å². The lowest BCUT2D eigenvalue weighted by Gasteiger charge is -2.22. The number of hydrogen-bond acceptors (Lipinski definition) is 2. The number of carbonyl (C=O) groups excluding carboxylic acids is 1. The van der Waals surface area contributed by atoms with Crippen molar-refractivity contribution in [2.45, 2.75) is 31.7 Å². The van der Waals surface area contributed by atoms with Gasteiger partial charge in [-0.25, -0.2) is 4.98 Å². The summed E-state index contributed by atoms with van der Waals surface area (Å²) in [4.78, 5) is 15.5. The Morgan fingerprint density at radius 2 is 2.24 bits per heavy atom. The molecule has 2 aliphatic rings. The van der Waals surface area contributed by atoms with Crippen molar-refractivity contribution in [1.29, 1.82) is 0 Å². The number of rotatable bonds is 2. The molecule has 2 fully saturated rings. The lowest BCUT2D eigenvalue weighted by Crippen LogP contribution is -2.38. The fraction of sp³-hybridized carbons (Fsp3) is 0.538. The predicted molar refractivity (Wildman–Crippen MR) is 60.9 cm³/mol. The van der Waals surface area contributed by atoms with Crippen molar-refractivity contribution >= 4 is 5.91 Å². The molecule has 0 radical (unpaired) electrons. The fourth-order valence-electron chi connectivity index (χ4n) is 3.20. The maximum atomic E-state index is 12.9. The molecule has 1 aromatic rings. The van der Waals surface area contributed by atoms with Gasteiger partial charge in [0.1, 0.15) is 5.69 Å². The lowest BCUT2D eigenvalue weighted by atomic mass is 9.95. The molecular formula is C13H15FN2O. The average molecular weight is 234 g/mol. The number of halogens is 1. The van der Waals surface area contributed by atoms with Gasteiger partial charge in [-0.3, -0.25) is 4.79 Å². The largest absolute Gasteiger partial charge is 0.348 e. The van der Waals surface area contributed by atoms with E-state index in [2.05, 4.69) is 10.3 Å². The van der Waals surface area contributed by atoms with Gasteiger partial charge in [0.05, 0.1) is 0 Å². The minimum absolute atomic E-state index is 0.174. The highest BCUT2D eigenvalue weighted by Gasteiger charge is 2.40. The van der Waals surface area contributed by atoms with Gasteiger partial charge in [-0.1, -0.05) is 12.5 Å². The first-order valence-electron chi connectivity index (χ1n) is 6.16. The molecule has 1 aromatic heterocycles. The second-order valence-electron chi connectivity index (χ2n) is 5.10. The Balaban J connectivity index is 1.68. The smallest absolute Gasteiger partial charge is 0.270 e. The van der Waals surface area contributed by atoms with Crippen LogP contribution in [0, 0.1) is 17.8 Å². The summed E-state index contributed by atoms with van der Waals surface area (Å²) in [6.45, 7) is 0. The molecule has 4 heteroatoms. The van der Waals surface area contributed by atoms with E-state index < -0.39 is 5.95 Å². The number of amides is 1. The maximum absolute atomic E-state index is 12.9. The highest BCUT2D eigenvalue weighted by atomic mass is 19.1. The zero-order valence-electron chi connectivity index (χ0n) is 9.53. The fourth-order valence-corrected chi connectivity index (χ4v) is 3.20. The molecule has 0 aromatic carbocycles. The number of carbonyl (C=O) groups is 1. The van der Waals surface area contributed by atoms with Crippen molar-refractivity contribution in [2.24, 2.45) is 11.8 Å². The Hall–Kier alpha value is -1.45. The van der Waals surface area contributed by atoms with E-state index in [1.807, 2.05) is 0 Å². The van der Waals surface area contributed by atoms with Crippen molar-refractivity contribution in [3.8, 4) is 0 Å². The number of nitrogens with one attached hydrogen (secondary N) is 1. The van der Waals surface area contributed by atoms with Gasteiger partial charge >= 0.3 is 0 Å². The molecule has 3 unspecified atom stereocenters. The Morgan fingerprint density at radius 3 is 2.88 bits per heavy atom. The highest BCUT2D eigenvalue weighted by Crippen LogP contribution is 2.44. The molecule has 0 spiro atoms. The van der Waals surface area contributed by atoms with Gasteiger partial charge in [0.15, 0.2) is 0 Å². The van der Waals surface area contributed by atoms with Gasteiger partial charge in [-0.15, -0.1) is 0 Å². The van der Waals surface area contributed by atoms with Gasteiger partial charge in [0.25, 0.3) is 5.91 Å². The minimum Gasteiger partial charge on any atom is -0.348 e. The third kappa shape index (κ3) is 2.04. The Labute approximate surface area is 99.4 Å². The SMILES string of the molecule is O=C(NC1CC2CCC1C2)c1cccc(F)n1. The van der Waals surface area contributed by atoms with E-state index in [-0.39, 0.29) is 17.6 Å². The summed E-state index contributed by atoms with van der Waals surface area (Å²) in [7, 11) is 0. The van der Waals surface area contributed by atoms with E-state index in [0.29, 0.717) is 5.92 Å². The van der Waals surface area contributed by atoms with Gasteiger partial charge < -0.3 is 5.32 Å². The maximum Gasteiger partial charge on any atom is 0.270 e. The third-order valence-electron chi connectivity index (χ3n) is 4.00. The summed E-state index contributed by atoms with van der Waals surface area (Å²) in [5.74, 6) is 0.552. The first kappa shape index (κ1) is 10.7. The molecule has 2 aliphatic carbocycles. The summed E-state index contributed by atoms with van der Waals surface area (Å²) in [6, 6.07) is 4.57. The molecular weight excluding hydrogens is 219 g/mol. The van der Waals surface area contributed by atoms with E-state index in [1.54, 1.807) is 6.07 Å². The molecule has 1 heterocycles. The molecule has 0 aliphatic heterocycles. The normalized spacial score (nSPS) is 30.5. The molecule has 1 N–H and O–H groups in total. The van der Waals surface area contributed by atoms with Crippen molar-refractivity contribution < 1.29 is 9.18 Å².